The lowest BCUT2D eigenvalue weighted by Crippen LogP contribution is -2.36. The Morgan fingerprint density at radius 3 is 2.50 bits per heavy atom. The van der Waals surface area contributed by atoms with Crippen molar-refractivity contribution in [3.8, 4) is 0 Å². The van der Waals surface area contributed by atoms with Gasteiger partial charge >= 0.3 is 5.97 Å². The van der Waals surface area contributed by atoms with Gasteiger partial charge in [0.1, 0.15) is 11.4 Å². The van der Waals surface area contributed by atoms with Gasteiger partial charge in [0.05, 0.1) is 11.0 Å². The molecule has 1 aromatic heterocycles. The number of benzene rings is 1. The van der Waals surface area contributed by atoms with Crippen LogP contribution in [0.4, 0.5) is 8.78 Å². The summed E-state index contributed by atoms with van der Waals surface area (Å²) in [6.07, 6.45) is 1.84. The van der Waals surface area contributed by atoms with Crippen LogP contribution in [-0.4, -0.2) is 20.6 Å². The second-order valence-electron chi connectivity index (χ2n) is 5.70. The molecular weight excluding hydrogens is 266 g/mol. The summed E-state index contributed by atoms with van der Waals surface area (Å²) in [5.74, 6) is -2.24. The predicted octanol–water partition coefficient (Wildman–Crippen LogP) is 3.01. The molecule has 0 spiro atoms. The first-order valence-electron chi connectivity index (χ1n) is 6.43. The lowest BCUT2D eigenvalue weighted by Gasteiger charge is -2.24. The Labute approximate surface area is 114 Å². The van der Waals surface area contributed by atoms with E-state index < -0.39 is 23.1 Å². The smallest absolute Gasteiger partial charge is 0.329 e. The normalized spacial score (nSPS) is 15.8. The van der Waals surface area contributed by atoms with Crippen molar-refractivity contribution in [1.29, 1.82) is 0 Å². The highest BCUT2D eigenvalue weighted by Gasteiger charge is 2.38. The minimum absolute atomic E-state index is 0.173. The van der Waals surface area contributed by atoms with Crippen LogP contribution in [-0.2, 0) is 10.3 Å². The van der Waals surface area contributed by atoms with E-state index in [1.54, 1.807) is 0 Å². The molecule has 0 radical (unpaired) electrons. The fraction of sp³-hybridized carbons (Fsp3) is 0.429. The number of hydrogen-bond acceptors (Lipinski definition) is 2. The van der Waals surface area contributed by atoms with Crippen molar-refractivity contribution in [2.24, 2.45) is 0 Å². The summed E-state index contributed by atoms with van der Waals surface area (Å²) in [4.78, 5) is 15.8. The number of carboxylic acid groups (broad SMARTS) is 1. The molecule has 0 atom stereocenters. The number of imidazole rings is 1. The van der Waals surface area contributed by atoms with Gasteiger partial charge in [-0.15, -0.1) is 0 Å². The summed E-state index contributed by atoms with van der Waals surface area (Å²) in [6.45, 7) is 3.06. The zero-order valence-electron chi connectivity index (χ0n) is 11.2. The highest BCUT2D eigenvalue weighted by atomic mass is 19.2. The summed E-state index contributed by atoms with van der Waals surface area (Å²) >= 11 is 0. The molecule has 1 aromatic carbocycles. The van der Waals surface area contributed by atoms with Crippen LogP contribution in [0.3, 0.4) is 0 Å². The molecule has 1 saturated carbocycles. The van der Waals surface area contributed by atoms with E-state index in [1.165, 1.54) is 18.4 Å². The van der Waals surface area contributed by atoms with Crippen molar-refractivity contribution in [2.45, 2.75) is 38.1 Å². The van der Waals surface area contributed by atoms with Gasteiger partial charge in [-0.05, 0) is 26.7 Å². The van der Waals surface area contributed by atoms with Gasteiger partial charge in [0.25, 0.3) is 0 Å². The Hall–Kier alpha value is -1.98. The van der Waals surface area contributed by atoms with Crippen LogP contribution >= 0.6 is 0 Å². The van der Waals surface area contributed by atoms with Crippen LogP contribution in [0, 0.1) is 11.6 Å². The third-order valence-electron chi connectivity index (χ3n) is 3.75. The van der Waals surface area contributed by atoms with E-state index in [2.05, 4.69) is 4.98 Å². The molecule has 1 heterocycles. The quantitative estimate of drug-likeness (QED) is 0.940. The van der Waals surface area contributed by atoms with Crippen LogP contribution < -0.4 is 0 Å². The molecule has 0 bridgehead atoms. The van der Waals surface area contributed by atoms with Crippen molar-refractivity contribution < 1.29 is 18.7 Å². The first-order chi connectivity index (χ1) is 9.32. The number of aromatic nitrogens is 2. The molecular formula is C14H14F2N2O2. The molecule has 2 aromatic rings. The summed E-state index contributed by atoms with van der Waals surface area (Å²) in [5.41, 5.74) is -0.657. The number of carboxylic acids is 1. The summed E-state index contributed by atoms with van der Waals surface area (Å²) < 4.78 is 28.3. The molecule has 1 N–H and O–H groups in total. The van der Waals surface area contributed by atoms with E-state index >= 15 is 0 Å². The minimum Gasteiger partial charge on any atom is -0.480 e. The van der Waals surface area contributed by atoms with Gasteiger partial charge in [-0.3, -0.25) is 0 Å². The number of halogens is 2. The summed E-state index contributed by atoms with van der Waals surface area (Å²) in [7, 11) is 0. The molecule has 0 amide bonds. The topological polar surface area (TPSA) is 55.1 Å². The second-order valence-corrected chi connectivity index (χ2v) is 5.70. The van der Waals surface area contributed by atoms with Gasteiger partial charge in [-0.1, -0.05) is 0 Å². The molecule has 1 aliphatic rings. The average molecular weight is 280 g/mol. The van der Waals surface area contributed by atoms with Gasteiger partial charge in [0.15, 0.2) is 11.6 Å². The van der Waals surface area contributed by atoms with Gasteiger partial charge in [0.2, 0.25) is 0 Å². The zero-order chi connectivity index (χ0) is 14.7. The maximum absolute atomic E-state index is 13.5. The van der Waals surface area contributed by atoms with Crippen molar-refractivity contribution >= 4 is 17.0 Å². The van der Waals surface area contributed by atoms with Crippen molar-refractivity contribution in [3.05, 3.63) is 29.6 Å². The summed E-state index contributed by atoms with van der Waals surface area (Å²) in [5, 5.41) is 9.41. The SMILES string of the molecule is CC(C)(C(=O)O)n1c(C2CC2)nc2cc(F)c(F)cc21. The predicted molar refractivity (Wildman–Crippen MR) is 68.6 cm³/mol. The van der Waals surface area contributed by atoms with E-state index in [-0.39, 0.29) is 5.92 Å². The second kappa shape index (κ2) is 4.01. The Kier molecular flexibility index (Phi) is 2.61. The minimum atomic E-state index is -1.27. The number of fused-ring (bicyclic) bond motifs is 1. The first-order valence-corrected chi connectivity index (χ1v) is 6.43. The fourth-order valence-corrected chi connectivity index (χ4v) is 2.39. The Bertz CT molecular complexity index is 718. The Morgan fingerprint density at radius 2 is 1.95 bits per heavy atom. The standard InChI is InChI=1S/C14H14F2N2O2/c1-14(2,13(19)20)18-11-6-9(16)8(15)5-10(11)17-12(18)7-3-4-7/h5-7H,3-4H2,1-2H3,(H,19,20). The summed E-state index contributed by atoms with van der Waals surface area (Å²) in [6, 6.07) is 2.04. The molecule has 20 heavy (non-hydrogen) atoms. The molecule has 1 aliphatic carbocycles. The highest BCUT2D eigenvalue weighted by Crippen LogP contribution is 2.42. The van der Waals surface area contributed by atoms with Crippen LogP contribution in [0.1, 0.15) is 38.4 Å². The Balaban J connectivity index is 2.34. The van der Waals surface area contributed by atoms with E-state index in [9.17, 15) is 18.7 Å². The molecule has 3 rings (SSSR count). The fourth-order valence-electron chi connectivity index (χ4n) is 2.39. The van der Waals surface area contributed by atoms with Crippen LogP contribution in [0.25, 0.3) is 11.0 Å². The lowest BCUT2D eigenvalue weighted by atomic mass is 10.0. The van der Waals surface area contributed by atoms with Crippen molar-refractivity contribution in [3.63, 3.8) is 0 Å². The average Bonchev–Trinajstić information content (AvgIpc) is 3.12. The molecule has 0 unspecified atom stereocenters. The highest BCUT2D eigenvalue weighted by molar-refractivity contribution is 5.83. The van der Waals surface area contributed by atoms with Gasteiger partial charge in [-0.25, -0.2) is 18.6 Å². The molecule has 0 aliphatic heterocycles. The third kappa shape index (κ3) is 1.78. The van der Waals surface area contributed by atoms with E-state index in [0.29, 0.717) is 16.9 Å². The number of rotatable bonds is 3. The van der Waals surface area contributed by atoms with E-state index in [1.807, 2.05) is 0 Å². The van der Waals surface area contributed by atoms with Crippen molar-refractivity contribution in [1.82, 2.24) is 9.55 Å². The molecule has 0 saturated heterocycles. The first kappa shape index (κ1) is 13.0. The third-order valence-corrected chi connectivity index (χ3v) is 3.75. The maximum Gasteiger partial charge on any atom is 0.329 e. The molecule has 1 fully saturated rings. The van der Waals surface area contributed by atoms with Crippen LogP contribution in [0.2, 0.25) is 0 Å². The lowest BCUT2D eigenvalue weighted by molar-refractivity contribution is -0.145. The largest absolute Gasteiger partial charge is 0.480 e. The number of nitrogens with zero attached hydrogens (tertiary/aromatic N) is 2. The number of aliphatic carboxylic acids is 1. The Morgan fingerprint density at radius 1 is 1.35 bits per heavy atom. The zero-order valence-corrected chi connectivity index (χ0v) is 11.2. The van der Waals surface area contributed by atoms with E-state index in [4.69, 9.17) is 0 Å². The molecule has 6 heteroatoms. The number of carbonyl (C=O) groups is 1. The monoisotopic (exact) mass is 280 g/mol. The van der Waals surface area contributed by atoms with E-state index in [0.717, 1.165) is 25.0 Å². The van der Waals surface area contributed by atoms with Crippen molar-refractivity contribution in [2.75, 3.05) is 0 Å². The van der Waals surface area contributed by atoms with Crippen LogP contribution in [0.5, 0.6) is 0 Å². The van der Waals surface area contributed by atoms with Gasteiger partial charge in [0, 0.05) is 18.1 Å². The van der Waals surface area contributed by atoms with Crippen LogP contribution in [0.15, 0.2) is 12.1 Å². The molecule has 4 nitrogen and oxygen atoms in total. The maximum atomic E-state index is 13.5. The van der Waals surface area contributed by atoms with Gasteiger partial charge < -0.3 is 9.67 Å². The van der Waals surface area contributed by atoms with Gasteiger partial charge in [-0.2, -0.15) is 0 Å². The molecule has 106 valence electrons. The number of hydrogen-bond donors (Lipinski definition) is 1.